The highest BCUT2D eigenvalue weighted by Gasteiger charge is 2.08. The summed E-state index contributed by atoms with van der Waals surface area (Å²) in [7, 11) is 0. The molecule has 2 atom stereocenters. The fourth-order valence-corrected chi connectivity index (χ4v) is 0.513. The molecule has 5 heteroatoms. The van der Waals surface area contributed by atoms with E-state index < -0.39 is 12.1 Å². The molecule has 5 N–H and O–H groups in total. The number of aliphatic hydroxyl groups is 1. The van der Waals surface area contributed by atoms with E-state index in [1.54, 1.807) is 6.92 Å². The van der Waals surface area contributed by atoms with E-state index in [0.29, 0.717) is 0 Å². The van der Waals surface area contributed by atoms with Gasteiger partial charge in [-0.3, -0.25) is 4.79 Å². The monoisotopic (exact) mass is 162 g/mol. The lowest BCUT2D eigenvalue weighted by atomic mass is 10.2. The third-order valence-electron chi connectivity index (χ3n) is 1.24. The summed E-state index contributed by atoms with van der Waals surface area (Å²) in [6.07, 6.45) is -0.686. The van der Waals surface area contributed by atoms with E-state index in [0.717, 1.165) is 0 Å². The fourth-order valence-electron chi connectivity index (χ4n) is 0.513. The van der Waals surface area contributed by atoms with Crippen molar-refractivity contribution in [3.05, 3.63) is 0 Å². The van der Waals surface area contributed by atoms with Gasteiger partial charge in [0.25, 0.3) is 0 Å². The number of aliphatic hydroxyl groups excluding tert-OH is 1. The molecule has 0 fully saturated rings. The molecule has 0 aliphatic heterocycles. The topological polar surface area (TPSA) is 95.6 Å². The summed E-state index contributed by atoms with van der Waals surface area (Å²) in [5.41, 5.74) is 5.32. The Balaban J connectivity index is 3.31. The van der Waals surface area contributed by atoms with E-state index in [1.807, 2.05) is 0 Å². The maximum absolute atomic E-state index is 9.98. The first-order chi connectivity index (χ1) is 5.04. The Kier molecular flexibility index (Phi) is 4.76. The number of hydrogen-bond acceptors (Lipinski definition) is 4. The molecule has 0 aliphatic carbocycles. The number of rotatable bonds is 5. The Morgan fingerprint density at radius 2 is 2.27 bits per heavy atom. The Bertz CT molecular complexity index is 127. The van der Waals surface area contributed by atoms with Crippen molar-refractivity contribution in [3.63, 3.8) is 0 Å². The average molecular weight is 162 g/mol. The van der Waals surface area contributed by atoms with Crippen molar-refractivity contribution in [2.24, 2.45) is 5.73 Å². The highest BCUT2D eigenvalue weighted by atomic mass is 16.4. The second-order valence-corrected chi connectivity index (χ2v) is 2.45. The first kappa shape index (κ1) is 10.3. The minimum Gasteiger partial charge on any atom is -0.480 e. The van der Waals surface area contributed by atoms with E-state index in [2.05, 4.69) is 5.32 Å². The van der Waals surface area contributed by atoms with Crippen molar-refractivity contribution in [2.75, 3.05) is 13.1 Å². The molecule has 0 aliphatic rings. The van der Waals surface area contributed by atoms with Crippen LogP contribution >= 0.6 is 0 Å². The van der Waals surface area contributed by atoms with Crippen LogP contribution in [0, 0.1) is 0 Å². The van der Waals surface area contributed by atoms with Crippen LogP contribution in [0.1, 0.15) is 6.92 Å². The van der Waals surface area contributed by atoms with Gasteiger partial charge < -0.3 is 21.3 Å². The van der Waals surface area contributed by atoms with Crippen LogP contribution in [0.15, 0.2) is 0 Å². The summed E-state index contributed by atoms with van der Waals surface area (Å²) in [5, 5.41) is 19.8. The molecule has 0 aromatic carbocycles. The van der Waals surface area contributed by atoms with Gasteiger partial charge in [-0.05, 0) is 6.92 Å². The minimum atomic E-state index is -0.943. The van der Waals surface area contributed by atoms with Gasteiger partial charge in [-0.25, -0.2) is 0 Å². The van der Waals surface area contributed by atoms with Crippen molar-refractivity contribution in [1.82, 2.24) is 5.32 Å². The number of hydrogen-bond donors (Lipinski definition) is 4. The summed E-state index contributed by atoms with van der Waals surface area (Å²) < 4.78 is 0. The SMILES string of the molecule is CC(N)C(O)CNCC(=O)O. The van der Waals surface area contributed by atoms with Gasteiger partial charge in [0.2, 0.25) is 0 Å². The number of nitrogens with two attached hydrogens (primary N) is 1. The summed E-state index contributed by atoms with van der Waals surface area (Å²) in [4.78, 5) is 9.98. The van der Waals surface area contributed by atoms with Gasteiger partial charge in [-0.2, -0.15) is 0 Å². The van der Waals surface area contributed by atoms with Crippen LogP contribution in [0.5, 0.6) is 0 Å². The number of carboxylic acid groups (broad SMARTS) is 1. The lowest BCUT2D eigenvalue weighted by Gasteiger charge is -2.13. The molecule has 0 bridgehead atoms. The van der Waals surface area contributed by atoms with Crippen molar-refractivity contribution < 1.29 is 15.0 Å². The van der Waals surface area contributed by atoms with Crippen LogP contribution in [0.2, 0.25) is 0 Å². The zero-order chi connectivity index (χ0) is 8.85. The van der Waals surface area contributed by atoms with Gasteiger partial charge >= 0.3 is 5.97 Å². The predicted octanol–water partition coefficient (Wildman–Crippen LogP) is -1.63. The summed E-state index contributed by atoms with van der Waals surface area (Å²) in [5.74, 6) is -0.943. The van der Waals surface area contributed by atoms with Crippen molar-refractivity contribution >= 4 is 5.97 Å². The summed E-state index contributed by atoms with van der Waals surface area (Å²) >= 11 is 0. The van der Waals surface area contributed by atoms with E-state index >= 15 is 0 Å². The predicted molar refractivity (Wildman–Crippen MR) is 40.2 cm³/mol. The molecule has 2 unspecified atom stereocenters. The second-order valence-electron chi connectivity index (χ2n) is 2.45. The maximum atomic E-state index is 9.98. The number of aliphatic carboxylic acids is 1. The summed E-state index contributed by atoms with van der Waals surface area (Å²) in [6, 6.07) is -0.337. The van der Waals surface area contributed by atoms with Crippen LogP contribution in [-0.2, 0) is 4.79 Å². The van der Waals surface area contributed by atoms with Crippen LogP contribution in [0.25, 0.3) is 0 Å². The molecule has 5 nitrogen and oxygen atoms in total. The van der Waals surface area contributed by atoms with Gasteiger partial charge in [-0.1, -0.05) is 0 Å². The molecule has 0 radical (unpaired) electrons. The average Bonchev–Trinajstić information content (AvgIpc) is 1.86. The number of carbonyl (C=O) groups is 1. The molecule has 0 saturated heterocycles. The van der Waals surface area contributed by atoms with E-state index in [9.17, 15) is 4.79 Å². The van der Waals surface area contributed by atoms with Gasteiger partial charge in [-0.15, -0.1) is 0 Å². The molecule has 0 heterocycles. The third kappa shape index (κ3) is 5.78. The highest BCUT2D eigenvalue weighted by molar-refractivity contribution is 5.68. The molecule has 11 heavy (non-hydrogen) atoms. The Morgan fingerprint density at radius 1 is 1.73 bits per heavy atom. The molecule has 0 aromatic heterocycles. The molecular weight excluding hydrogens is 148 g/mol. The van der Waals surface area contributed by atoms with Gasteiger partial charge in [0.1, 0.15) is 0 Å². The second kappa shape index (κ2) is 5.06. The van der Waals surface area contributed by atoms with Gasteiger partial charge in [0.05, 0.1) is 12.6 Å². The maximum Gasteiger partial charge on any atom is 0.317 e. The third-order valence-corrected chi connectivity index (χ3v) is 1.24. The van der Waals surface area contributed by atoms with E-state index in [-0.39, 0.29) is 19.1 Å². The number of nitrogens with one attached hydrogen (secondary N) is 1. The fraction of sp³-hybridized carbons (Fsp3) is 0.833. The molecule has 0 rings (SSSR count). The molecule has 0 aromatic rings. The Labute approximate surface area is 65.2 Å². The van der Waals surface area contributed by atoms with Crippen molar-refractivity contribution in [3.8, 4) is 0 Å². The first-order valence-corrected chi connectivity index (χ1v) is 3.40. The molecular formula is C6H14N2O3. The Morgan fingerprint density at radius 3 is 2.64 bits per heavy atom. The Hall–Kier alpha value is -0.650. The molecule has 0 saturated carbocycles. The van der Waals surface area contributed by atoms with E-state index in [4.69, 9.17) is 15.9 Å². The lowest BCUT2D eigenvalue weighted by molar-refractivity contribution is -0.136. The van der Waals surface area contributed by atoms with Crippen molar-refractivity contribution in [1.29, 1.82) is 0 Å². The van der Waals surface area contributed by atoms with Crippen LogP contribution in [-0.4, -0.2) is 41.4 Å². The van der Waals surface area contributed by atoms with Crippen molar-refractivity contribution in [2.45, 2.75) is 19.1 Å². The zero-order valence-electron chi connectivity index (χ0n) is 6.45. The van der Waals surface area contributed by atoms with Crippen LogP contribution in [0.4, 0.5) is 0 Å². The quantitative estimate of drug-likeness (QED) is 0.389. The lowest BCUT2D eigenvalue weighted by Crippen LogP contribution is -2.41. The standard InChI is InChI=1S/C6H14N2O3/c1-4(7)5(9)2-8-3-6(10)11/h4-5,8-9H,2-3,7H2,1H3,(H,10,11). The smallest absolute Gasteiger partial charge is 0.317 e. The zero-order valence-corrected chi connectivity index (χ0v) is 6.45. The molecule has 0 amide bonds. The number of carboxylic acids is 1. The van der Waals surface area contributed by atoms with E-state index in [1.165, 1.54) is 0 Å². The molecule has 66 valence electrons. The van der Waals surface area contributed by atoms with Crippen LogP contribution in [0.3, 0.4) is 0 Å². The largest absolute Gasteiger partial charge is 0.480 e. The van der Waals surface area contributed by atoms with Gasteiger partial charge in [0, 0.05) is 12.6 Å². The summed E-state index contributed by atoms with van der Waals surface area (Å²) in [6.45, 7) is 1.72. The van der Waals surface area contributed by atoms with Gasteiger partial charge in [0.15, 0.2) is 0 Å². The molecule has 0 spiro atoms. The minimum absolute atomic E-state index is 0.149. The van der Waals surface area contributed by atoms with Crippen LogP contribution < -0.4 is 11.1 Å². The highest BCUT2D eigenvalue weighted by Crippen LogP contribution is 1.85. The normalized spacial score (nSPS) is 15.9. The first-order valence-electron chi connectivity index (χ1n) is 3.40.